The maximum atomic E-state index is 15.1. The zero-order chi connectivity index (χ0) is 41.9. The van der Waals surface area contributed by atoms with Gasteiger partial charge in [-0.05, 0) is 64.6 Å². The van der Waals surface area contributed by atoms with Crippen molar-refractivity contribution in [3.05, 3.63) is 179 Å². The van der Waals surface area contributed by atoms with E-state index in [1.54, 1.807) is 32.0 Å². The van der Waals surface area contributed by atoms with Gasteiger partial charge in [0.25, 0.3) is 5.56 Å². The number of rotatable bonds is 15. The van der Waals surface area contributed by atoms with Gasteiger partial charge >= 0.3 is 0 Å². The first kappa shape index (κ1) is 39.1. The summed E-state index contributed by atoms with van der Waals surface area (Å²) >= 11 is 0. The average molecular weight is 811 g/mol. The first-order valence-electron chi connectivity index (χ1n) is 20.3. The molecule has 6 aromatic carbocycles. The Labute approximate surface area is 354 Å². The van der Waals surface area contributed by atoms with Crippen molar-refractivity contribution < 1.29 is 28.4 Å². The lowest BCUT2D eigenvalue weighted by Gasteiger charge is -2.24. The molecule has 9 rings (SSSR count). The van der Waals surface area contributed by atoms with Crippen LogP contribution in [0.25, 0.3) is 44.2 Å². The SMILES string of the molecule is C=CCn1c(=O)c2c(c(-c3ccc(OCc4ccccc4)c(OC)c3)c3n2CCc2cc(OCc4ccccc4)c(OC)cc2-3)c2cc(OC)c(OCc3ccccc3)cc21. The monoisotopic (exact) mass is 810 g/mol. The van der Waals surface area contributed by atoms with Crippen molar-refractivity contribution in [1.82, 2.24) is 9.13 Å². The van der Waals surface area contributed by atoms with Crippen molar-refractivity contribution in [2.75, 3.05) is 21.3 Å². The standard InChI is InChI=1S/C52H46N2O7/c1-5-24-53-41-30-47(61-33-36-19-13-8-14-20-36)45(58-4)29-40(41)49-48(38-21-22-42(43(27-38)56-2)59-31-34-15-9-6-10-16-34)50-39-28-44(57-3)46(60-32-35-17-11-7-12-18-35)26-37(39)23-25-54(50)51(49)52(53)55/h5-22,26-30H,1,23-25,31-33H2,2-4H3. The van der Waals surface area contributed by atoms with Crippen molar-refractivity contribution in [3.63, 3.8) is 0 Å². The summed E-state index contributed by atoms with van der Waals surface area (Å²) in [5.41, 5.74) is 8.90. The predicted molar refractivity (Wildman–Crippen MR) is 240 cm³/mol. The molecule has 8 aromatic rings. The molecule has 306 valence electrons. The number of hydrogen-bond acceptors (Lipinski definition) is 7. The number of allylic oxidation sites excluding steroid dienone is 1. The van der Waals surface area contributed by atoms with Crippen LogP contribution in [0.2, 0.25) is 0 Å². The van der Waals surface area contributed by atoms with E-state index in [2.05, 4.69) is 17.2 Å². The number of benzene rings is 6. The molecular weight excluding hydrogens is 765 g/mol. The molecule has 0 spiro atoms. The molecule has 0 saturated carbocycles. The topological polar surface area (TPSA) is 82.3 Å². The van der Waals surface area contributed by atoms with Gasteiger partial charge < -0.3 is 37.6 Å². The Morgan fingerprint density at radius 1 is 0.607 bits per heavy atom. The van der Waals surface area contributed by atoms with Crippen molar-refractivity contribution in [3.8, 4) is 56.9 Å². The van der Waals surface area contributed by atoms with Gasteiger partial charge in [-0.2, -0.15) is 0 Å². The molecular formula is C52H46N2O7. The minimum Gasteiger partial charge on any atom is -0.493 e. The molecule has 9 nitrogen and oxygen atoms in total. The molecule has 2 aromatic heterocycles. The normalized spacial score (nSPS) is 11.8. The van der Waals surface area contributed by atoms with Gasteiger partial charge in [-0.1, -0.05) is 103 Å². The second-order valence-corrected chi connectivity index (χ2v) is 14.9. The lowest BCUT2D eigenvalue weighted by molar-refractivity contribution is 0.284. The third-order valence-electron chi connectivity index (χ3n) is 11.3. The minimum atomic E-state index is -0.137. The van der Waals surface area contributed by atoms with Crippen LogP contribution in [0.1, 0.15) is 22.3 Å². The smallest absolute Gasteiger partial charge is 0.275 e. The number of ether oxygens (including phenoxy) is 6. The van der Waals surface area contributed by atoms with E-state index in [9.17, 15) is 0 Å². The van der Waals surface area contributed by atoms with Gasteiger partial charge in [0.2, 0.25) is 0 Å². The van der Waals surface area contributed by atoms with Crippen LogP contribution in [-0.2, 0) is 39.3 Å². The van der Waals surface area contributed by atoms with Crippen LogP contribution < -0.4 is 34.0 Å². The van der Waals surface area contributed by atoms with Crippen LogP contribution in [-0.4, -0.2) is 30.5 Å². The molecule has 61 heavy (non-hydrogen) atoms. The Hall–Kier alpha value is -7.39. The molecule has 0 aliphatic carbocycles. The van der Waals surface area contributed by atoms with Crippen LogP contribution in [0.5, 0.6) is 34.5 Å². The van der Waals surface area contributed by atoms with E-state index in [4.69, 9.17) is 28.4 Å². The zero-order valence-electron chi connectivity index (χ0n) is 34.5. The summed E-state index contributed by atoms with van der Waals surface area (Å²) in [5, 5.41) is 1.62. The zero-order valence-corrected chi connectivity index (χ0v) is 34.5. The number of aromatic nitrogens is 2. The fraction of sp³-hybridized carbons (Fsp3) is 0.173. The Morgan fingerprint density at radius 2 is 1.15 bits per heavy atom. The first-order chi connectivity index (χ1) is 30.0. The Balaban J connectivity index is 1.28. The fourth-order valence-corrected chi connectivity index (χ4v) is 8.36. The summed E-state index contributed by atoms with van der Waals surface area (Å²) in [6.45, 7) is 5.99. The molecule has 0 saturated heterocycles. The average Bonchev–Trinajstić information content (AvgIpc) is 3.67. The maximum Gasteiger partial charge on any atom is 0.275 e. The summed E-state index contributed by atoms with van der Waals surface area (Å²) in [4.78, 5) is 15.1. The van der Waals surface area contributed by atoms with Crippen molar-refractivity contribution in [2.24, 2.45) is 0 Å². The van der Waals surface area contributed by atoms with Gasteiger partial charge in [0.05, 0.1) is 32.5 Å². The van der Waals surface area contributed by atoms with Crippen molar-refractivity contribution in [1.29, 1.82) is 0 Å². The van der Waals surface area contributed by atoms with Gasteiger partial charge in [0, 0.05) is 41.1 Å². The number of nitrogens with zero attached hydrogens (tertiary/aromatic N) is 2. The van der Waals surface area contributed by atoms with Gasteiger partial charge in [-0.25, -0.2) is 0 Å². The molecule has 0 fully saturated rings. The molecule has 1 aliphatic heterocycles. The number of fused-ring (bicyclic) bond motifs is 7. The molecule has 1 aliphatic rings. The van der Waals surface area contributed by atoms with E-state index in [-0.39, 0.29) is 5.56 Å². The Morgan fingerprint density at radius 3 is 1.72 bits per heavy atom. The lowest BCUT2D eigenvalue weighted by Crippen LogP contribution is -2.23. The number of aryl methyl sites for hydroxylation is 2. The second-order valence-electron chi connectivity index (χ2n) is 14.9. The van der Waals surface area contributed by atoms with E-state index >= 15 is 4.79 Å². The largest absolute Gasteiger partial charge is 0.493 e. The van der Waals surface area contributed by atoms with Gasteiger partial charge in [0.15, 0.2) is 34.5 Å². The first-order valence-corrected chi connectivity index (χ1v) is 20.3. The molecule has 0 amide bonds. The third-order valence-corrected chi connectivity index (χ3v) is 11.3. The van der Waals surface area contributed by atoms with E-state index in [0.29, 0.717) is 84.9 Å². The van der Waals surface area contributed by atoms with E-state index in [0.717, 1.165) is 55.4 Å². The van der Waals surface area contributed by atoms with Crippen LogP contribution in [0, 0.1) is 0 Å². The molecule has 0 atom stereocenters. The van der Waals surface area contributed by atoms with Crippen molar-refractivity contribution >= 4 is 21.8 Å². The minimum absolute atomic E-state index is 0.137. The Bertz CT molecular complexity index is 2940. The summed E-state index contributed by atoms with van der Waals surface area (Å²) in [6.07, 6.45) is 2.42. The fourth-order valence-electron chi connectivity index (χ4n) is 8.36. The highest BCUT2D eigenvalue weighted by Gasteiger charge is 2.31. The molecule has 0 bridgehead atoms. The number of methoxy groups -OCH3 is 3. The summed E-state index contributed by atoms with van der Waals surface area (Å²) in [6, 6.07) is 44.1. The second kappa shape index (κ2) is 17.1. The van der Waals surface area contributed by atoms with E-state index in [1.165, 1.54) is 0 Å². The van der Waals surface area contributed by atoms with Crippen LogP contribution in [0.3, 0.4) is 0 Å². The van der Waals surface area contributed by atoms with Crippen LogP contribution in [0.4, 0.5) is 0 Å². The third kappa shape index (κ3) is 7.44. The molecule has 0 N–H and O–H groups in total. The summed E-state index contributed by atoms with van der Waals surface area (Å²) < 4.78 is 41.1. The molecule has 9 heteroatoms. The van der Waals surface area contributed by atoms with Gasteiger partial charge in [0.1, 0.15) is 25.3 Å². The quantitative estimate of drug-likeness (QED) is 0.0954. The van der Waals surface area contributed by atoms with Crippen molar-refractivity contribution in [2.45, 2.75) is 39.3 Å². The summed E-state index contributed by atoms with van der Waals surface area (Å²) in [7, 11) is 4.93. The highest BCUT2D eigenvalue weighted by molar-refractivity contribution is 6.17. The number of hydrogen-bond donors (Lipinski definition) is 0. The van der Waals surface area contributed by atoms with Crippen LogP contribution >= 0.6 is 0 Å². The Kier molecular flexibility index (Phi) is 10.9. The molecule has 0 unspecified atom stereocenters. The maximum absolute atomic E-state index is 15.1. The lowest BCUT2D eigenvalue weighted by atomic mass is 9.91. The van der Waals surface area contributed by atoms with Crippen LogP contribution in [0.15, 0.2) is 151 Å². The highest BCUT2D eigenvalue weighted by Crippen LogP contribution is 2.50. The van der Waals surface area contributed by atoms with E-state index in [1.807, 2.05) is 127 Å². The summed E-state index contributed by atoms with van der Waals surface area (Å²) in [5.74, 6) is 3.50. The number of pyridine rings is 1. The highest BCUT2D eigenvalue weighted by atomic mass is 16.5. The van der Waals surface area contributed by atoms with Gasteiger partial charge in [-0.15, -0.1) is 6.58 Å². The predicted octanol–water partition coefficient (Wildman–Crippen LogP) is 10.8. The van der Waals surface area contributed by atoms with E-state index < -0.39 is 0 Å². The van der Waals surface area contributed by atoms with Gasteiger partial charge in [-0.3, -0.25) is 4.79 Å². The molecule has 0 radical (unpaired) electrons. The molecule has 3 heterocycles.